The van der Waals surface area contributed by atoms with Gasteiger partial charge in [-0.25, -0.2) is 0 Å². The second-order valence-electron chi connectivity index (χ2n) is 4.56. The number of nitrogen functional groups attached to an aromatic ring is 1. The van der Waals surface area contributed by atoms with E-state index in [1.807, 2.05) is 0 Å². The predicted octanol–water partition coefficient (Wildman–Crippen LogP) is 0.983. The molecule has 98 valence electrons. The van der Waals surface area contributed by atoms with Crippen LogP contribution in [0.1, 0.15) is 23.2 Å². The smallest absolute Gasteiger partial charge is 0.248 e. The molecule has 0 unspecified atom stereocenters. The lowest BCUT2D eigenvalue weighted by Gasteiger charge is -2.26. The van der Waals surface area contributed by atoms with E-state index in [4.69, 9.17) is 16.2 Å². The van der Waals surface area contributed by atoms with Gasteiger partial charge in [0, 0.05) is 25.3 Å². The number of hydrogen-bond acceptors (Lipinski definition) is 4. The molecular formula is C13H19N3O2. The number of ether oxygens (including phenoxy) is 1. The zero-order valence-corrected chi connectivity index (χ0v) is 10.6. The van der Waals surface area contributed by atoms with Gasteiger partial charge in [0.15, 0.2) is 0 Å². The van der Waals surface area contributed by atoms with Crippen LogP contribution in [0.15, 0.2) is 18.2 Å². The van der Waals surface area contributed by atoms with E-state index >= 15 is 0 Å². The van der Waals surface area contributed by atoms with Crippen LogP contribution < -0.4 is 16.4 Å². The topological polar surface area (TPSA) is 81.6 Å². The number of hydrogen-bond donors (Lipinski definition) is 2. The van der Waals surface area contributed by atoms with Crippen LogP contribution in [0, 0.1) is 0 Å². The number of nitrogens with two attached hydrogens (primary N) is 2. The standard InChI is InChI=1S/C13H19N3O2/c1-18-7-6-16(10-3-4-10)12-8-9(13(15)17)2-5-11(12)14/h2,5,8,10H,3-4,6-7,14H2,1H3,(H2,15,17). The lowest BCUT2D eigenvalue weighted by Crippen LogP contribution is -2.30. The zero-order valence-electron chi connectivity index (χ0n) is 10.6. The number of methoxy groups -OCH3 is 1. The van der Waals surface area contributed by atoms with Crippen LogP contribution in [0.2, 0.25) is 0 Å². The molecule has 0 radical (unpaired) electrons. The van der Waals surface area contributed by atoms with E-state index in [9.17, 15) is 4.79 Å². The summed E-state index contributed by atoms with van der Waals surface area (Å²) in [6, 6.07) is 5.66. The molecule has 0 heterocycles. The van der Waals surface area contributed by atoms with E-state index in [2.05, 4.69) is 4.90 Å². The molecule has 0 aliphatic heterocycles. The fraction of sp³-hybridized carbons (Fsp3) is 0.462. The van der Waals surface area contributed by atoms with Gasteiger partial charge < -0.3 is 21.1 Å². The van der Waals surface area contributed by atoms with Crippen LogP contribution in [-0.4, -0.2) is 32.2 Å². The maximum atomic E-state index is 11.2. The molecule has 2 rings (SSSR count). The summed E-state index contributed by atoms with van der Waals surface area (Å²) in [6.45, 7) is 1.41. The van der Waals surface area contributed by atoms with Crippen LogP contribution in [0.3, 0.4) is 0 Å². The summed E-state index contributed by atoms with van der Waals surface area (Å²) in [5, 5.41) is 0. The Labute approximate surface area is 107 Å². The van der Waals surface area contributed by atoms with Crippen LogP contribution in [-0.2, 0) is 4.74 Å². The van der Waals surface area contributed by atoms with Crippen molar-refractivity contribution in [3.8, 4) is 0 Å². The van der Waals surface area contributed by atoms with Gasteiger partial charge in [-0.05, 0) is 31.0 Å². The molecule has 0 atom stereocenters. The second-order valence-corrected chi connectivity index (χ2v) is 4.56. The maximum absolute atomic E-state index is 11.2. The molecule has 1 aliphatic carbocycles. The summed E-state index contributed by atoms with van der Waals surface area (Å²) >= 11 is 0. The Morgan fingerprint density at radius 3 is 2.78 bits per heavy atom. The number of primary amides is 1. The van der Waals surface area contributed by atoms with Gasteiger partial charge in [0.1, 0.15) is 0 Å². The van der Waals surface area contributed by atoms with E-state index in [1.54, 1.807) is 25.3 Å². The number of benzene rings is 1. The Hall–Kier alpha value is -1.75. The summed E-state index contributed by atoms with van der Waals surface area (Å²) in [5.74, 6) is -0.432. The number of anilines is 2. The first kappa shape index (κ1) is 12.7. The maximum Gasteiger partial charge on any atom is 0.248 e. The molecule has 0 saturated heterocycles. The van der Waals surface area contributed by atoms with Crippen molar-refractivity contribution in [2.75, 3.05) is 30.9 Å². The molecule has 1 aromatic carbocycles. The summed E-state index contributed by atoms with van der Waals surface area (Å²) in [4.78, 5) is 13.4. The van der Waals surface area contributed by atoms with Crippen molar-refractivity contribution in [3.05, 3.63) is 23.8 Å². The van der Waals surface area contributed by atoms with Gasteiger partial charge in [0.2, 0.25) is 5.91 Å². The molecule has 1 fully saturated rings. The SMILES string of the molecule is COCCN(c1cc(C(N)=O)ccc1N)C1CC1. The second kappa shape index (κ2) is 5.27. The summed E-state index contributed by atoms with van der Waals surface area (Å²) in [7, 11) is 1.67. The molecule has 1 saturated carbocycles. The van der Waals surface area contributed by atoms with E-state index in [-0.39, 0.29) is 0 Å². The monoisotopic (exact) mass is 249 g/mol. The quantitative estimate of drug-likeness (QED) is 0.736. The van der Waals surface area contributed by atoms with E-state index in [0.29, 0.717) is 23.9 Å². The fourth-order valence-electron chi connectivity index (χ4n) is 2.02. The lowest BCUT2D eigenvalue weighted by molar-refractivity contribution is 0.100. The molecule has 0 spiro atoms. The van der Waals surface area contributed by atoms with Gasteiger partial charge in [0.05, 0.1) is 18.0 Å². The van der Waals surface area contributed by atoms with Crippen molar-refractivity contribution < 1.29 is 9.53 Å². The van der Waals surface area contributed by atoms with Crippen LogP contribution in [0.25, 0.3) is 0 Å². The Morgan fingerprint density at radius 2 is 2.22 bits per heavy atom. The Bertz CT molecular complexity index is 444. The highest BCUT2D eigenvalue weighted by molar-refractivity contribution is 5.95. The molecule has 5 nitrogen and oxygen atoms in total. The Morgan fingerprint density at radius 1 is 1.50 bits per heavy atom. The normalized spacial score (nSPS) is 14.5. The highest BCUT2D eigenvalue weighted by atomic mass is 16.5. The van der Waals surface area contributed by atoms with Crippen LogP contribution >= 0.6 is 0 Å². The molecular weight excluding hydrogens is 230 g/mol. The van der Waals surface area contributed by atoms with Gasteiger partial charge in [-0.3, -0.25) is 4.79 Å². The van der Waals surface area contributed by atoms with Gasteiger partial charge >= 0.3 is 0 Å². The molecule has 1 aliphatic rings. The van der Waals surface area contributed by atoms with Crippen molar-refractivity contribution in [1.29, 1.82) is 0 Å². The summed E-state index contributed by atoms with van der Waals surface area (Å²) in [6.07, 6.45) is 2.31. The van der Waals surface area contributed by atoms with Gasteiger partial charge in [-0.1, -0.05) is 0 Å². The van der Waals surface area contributed by atoms with Crippen molar-refractivity contribution in [3.63, 3.8) is 0 Å². The molecule has 0 bridgehead atoms. The van der Waals surface area contributed by atoms with Crippen LogP contribution in [0.4, 0.5) is 11.4 Å². The van der Waals surface area contributed by atoms with Crippen molar-refractivity contribution in [2.45, 2.75) is 18.9 Å². The number of nitrogens with zero attached hydrogens (tertiary/aromatic N) is 1. The van der Waals surface area contributed by atoms with Crippen molar-refractivity contribution in [2.24, 2.45) is 5.73 Å². The lowest BCUT2D eigenvalue weighted by atomic mass is 10.1. The Kier molecular flexibility index (Phi) is 3.72. The highest BCUT2D eigenvalue weighted by Gasteiger charge is 2.30. The minimum absolute atomic E-state index is 0.432. The number of carbonyl (C=O) groups excluding carboxylic acids is 1. The van der Waals surface area contributed by atoms with Gasteiger partial charge in [-0.2, -0.15) is 0 Å². The molecule has 1 aromatic rings. The molecule has 1 amide bonds. The summed E-state index contributed by atoms with van der Waals surface area (Å²) < 4.78 is 5.12. The van der Waals surface area contributed by atoms with E-state index < -0.39 is 5.91 Å². The minimum atomic E-state index is -0.432. The number of amides is 1. The average molecular weight is 249 g/mol. The zero-order chi connectivity index (χ0) is 13.1. The molecule has 5 heteroatoms. The van der Waals surface area contributed by atoms with Gasteiger partial charge in [0.25, 0.3) is 0 Å². The van der Waals surface area contributed by atoms with Crippen molar-refractivity contribution >= 4 is 17.3 Å². The predicted molar refractivity (Wildman–Crippen MR) is 71.6 cm³/mol. The minimum Gasteiger partial charge on any atom is -0.397 e. The summed E-state index contributed by atoms with van der Waals surface area (Å²) in [5.41, 5.74) is 13.3. The first-order valence-electron chi connectivity index (χ1n) is 6.08. The average Bonchev–Trinajstić information content (AvgIpc) is 3.15. The highest BCUT2D eigenvalue weighted by Crippen LogP contribution is 2.35. The molecule has 0 aromatic heterocycles. The number of carbonyl (C=O) groups is 1. The van der Waals surface area contributed by atoms with Crippen LogP contribution in [0.5, 0.6) is 0 Å². The first-order valence-corrected chi connectivity index (χ1v) is 6.08. The third-order valence-corrected chi connectivity index (χ3v) is 3.15. The van der Waals surface area contributed by atoms with Crippen molar-refractivity contribution in [1.82, 2.24) is 0 Å². The number of rotatable bonds is 6. The molecule has 4 N–H and O–H groups in total. The third kappa shape index (κ3) is 2.73. The Balaban J connectivity index is 2.27. The molecule has 18 heavy (non-hydrogen) atoms. The van der Waals surface area contributed by atoms with Gasteiger partial charge in [-0.15, -0.1) is 0 Å². The van der Waals surface area contributed by atoms with E-state index in [0.717, 1.165) is 25.1 Å². The largest absolute Gasteiger partial charge is 0.397 e. The first-order chi connectivity index (χ1) is 8.63. The van der Waals surface area contributed by atoms with E-state index in [1.165, 1.54) is 0 Å². The third-order valence-electron chi connectivity index (χ3n) is 3.15. The fourth-order valence-corrected chi connectivity index (χ4v) is 2.02.